The van der Waals surface area contributed by atoms with Crippen LogP contribution in [0, 0.1) is 11.8 Å². The minimum Gasteiger partial charge on any atom is -0.481 e. The molecular weight excluding hydrogens is 276 g/mol. The molecule has 0 bridgehead atoms. The second kappa shape index (κ2) is 4.21. The number of hydrogen-bond donors (Lipinski definition) is 2. The maximum absolute atomic E-state index is 11.6. The first-order valence-electron chi connectivity index (χ1n) is 4.73. The lowest BCUT2D eigenvalue weighted by molar-refractivity contribution is -0.139. The third-order valence-corrected chi connectivity index (χ3v) is 3.11. The molecule has 1 aliphatic rings. The standard InChI is InChI=1S/C10H9BrN2O3/c11-7-4-12-2-1-8(7)13-9(14)5-3-6(5)10(15)16/h1-2,4-6H,3H2,(H,15,16)(H,12,13,14)/t5-,6+/m1/s1. The van der Waals surface area contributed by atoms with E-state index >= 15 is 0 Å². The number of carbonyl (C=O) groups is 2. The molecule has 0 saturated heterocycles. The average molecular weight is 285 g/mol. The first-order valence-corrected chi connectivity index (χ1v) is 5.52. The van der Waals surface area contributed by atoms with Crippen LogP contribution in [0.1, 0.15) is 6.42 Å². The molecule has 2 atom stereocenters. The SMILES string of the molecule is O=C(O)[C@H]1C[C@H]1C(=O)Nc1ccncc1Br. The number of hydrogen-bond acceptors (Lipinski definition) is 3. The number of aliphatic carboxylic acids is 1. The second-order valence-corrected chi connectivity index (χ2v) is 4.49. The molecule has 0 aliphatic heterocycles. The first-order chi connectivity index (χ1) is 7.59. The highest BCUT2D eigenvalue weighted by atomic mass is 79.9. The number of nitrogens with one attached hydrogen (secondary N) is 1. The maximum Gasteiger partial charge on any atom is 0.307 e. The van der Waals surface area contributed by atoms with Crippen molar-refractivity contribution >= 4 is 33.5 Å². The van der Waals surface area contributed by atoms with Crippen molar-refractivity contribution in [1.82, 2.24) is 4.98 Å². The van der Waals surface area contributed by atoms with E-state index in [4.69, 9.17) is 5.11 Å². The van der Waals surface area contributed by atoms with Crippen LogP contribution in [0.15, 0.2) is 22.9 Å². The van der Waals surface area contributed by atoms with Gasteiger partial charge < -0.3 is 10.4 Å². The van der Waals surface area contributed by atoms with E-state index in [1.54, 1.807) is 18.5 Å². The van der Waals surface area contributed by atoms with Gasteiger partial charge >= 0.3 is 5.97 Å². The zero-order valence-corrected chi connectivity index (χ0v) is 9.77. The smallest absolute Gasteiger partial charge is 0.307 e. The monoisotopic (exact) mass is 284 g/mol. The van der Waals surface area contributed by atoms with Crippen LogP contribution in [0.5, 0.6) is 0 Å². The van der Waals surface area contributed by atoms with Crippen LogP contribution in [-0.4, -0.2) is 22.0 Å². The number of nitrogens with zero attached hydrogens (tertiary/aromatic N) is 1. The van der Waals surface area contributed by atoms with Gasteiger partial charge in [-0.1, -0.05) is 0 Å². The molecule has 1 saturated carbocycles. The van der Waals surface area contributed by atoms with Crippen molar-refractivity contribution < 1.29 is 14.7 Å². The van der Waals surface area contributed by atoms with E-state index in [1.807, 2.05) is 0 Å². The van der Waals surface area contributed by atoms with E-state index in [2.05, 4.69) is 26.2 Å². The molecule has 1 aromatic rings. The first kappa shape index (κ1) is 11.1. The summed E-state index contributed by atoms with van der Waals surface area (Å²) in [6.45, 7) is 0. The van der Waals surface area contributed by atoms with Crippen molar-refractivity contribution in [1.29, 1.82) is 0 Å². The average Bonchev–Trinajstić information content (AvgIpc) is 3.01. The molecule has 5 nitrogen and oxygen atoms in total. The quantitative estimate of drug-likeness (QED) is 0.882. The summed E-state index contributed by atoms with van der Waals surface area (Å²) in [5, 5.41) is 11.4. The Labute approximate surface area is 100 Å². The number of halogens is 1. The van der Waals surface area contributed by atoms with Gasteiger partial charge in [-0.15, -0.1) is 0 Å². The van der Waals surface area contributed by atoms with Crippen molar-refractivity contribution in [3.8, 4) is 0 Å². The number of carbonyl (C=O) groups excluding carboxylic acids is 1. The summed E-state index contributed by atoms with van der Waals surface area (Å²) in [4.78, 5) is 26.1. The van der Waals surface area contributed by atoms with Crippen LogP contribution < -0.4 is 5.32 Å². The Hall–Kier alpha value is -1.43. The lowest BCUT2D eigenvalue weighted by Gasteiger charge is -2.05. The van der Waals surface area contributed by atoms with Crippen molar-refractivity contribution in [2.45, 2.75) is 6.42 Å². The molecule has 0 radical (unpaired) electrons. The maximum atomic E-state index is 11.6. The number of amides is 1. The van der Waals surface area contributed by atoms with Crippen LogP contribution in [0.3, 0.4) is 0 Å². The molecule has 1 aliphatic carbocycles. The zero-order valence-electron chi connectivity index (χ0n) is 8.18. The van der Waals surface area contributed by atoms with Gasteiger partial charge in [0.25, 0.3) is 0 Å². The Morgan fingerprint density at radius 1 is 1.50 bits per heavy atom. The predicted molar refractivity (Wildman–Crippen MR) is 59.8 cm³/mol. The molecule has 6 heteroatoms. The summed E-state index contributed by atoms with van der Waals surface area (Å²) in [6, 6.07) is 1.65. The Balaban J connectivity index is 1.99. The number of aromatic nitrogens is 1. The van der Waals surface area contributed by atoms with Crippen molar-refractivity contribution in [3.63, 3.8) is 0 Å². The van der Waals surface area contributed by atoms with E-state index in [9.17, 15) is 9.59 Å². The van der Waals surface area contributed by atoms with Gasteiger partial charge in [-0.3, -0.25) is 14.6 Å². The van der Waals surface area contributed by atoms with Crippen LogP contribution in [0.2, 0.25) is 0 Å². The molecule has 1 aromatic heterocycles. The Morgan fingerprint density at radius 3 is 2.81 bits per heavy atom. The highest BCUT2D eigenvalue weighted by Gasteiger charge is 2.48. The van der Waals surface area contributed by atoms with Crippen molar-refractivity contribution in [2.75, 3.05) is 5.32 Å². The fourth-order valence-electron chi connectivity index (χ4n) is 1.46. The molecule has 0 aromatic carbocycles. The third kappa shape index (κ3) is 2.21. The molecule has 0 unspecified atom stereocenters. The molecule has 2 rings (SSSR count). The molecular formula is C10H9BrN2O3. The Bertz CT molecular complexity index is 449. The van der Waals surface area contributed by atoms with Crippen molar-refractivity contribution in [3.05, 3.63) is 22.9 Å². The summed E-state index contributed by atoms with van der Waals surface area (Å²) in [6.07, 6.45) is 3.54. The molecule has 0 spiro atoms. The van der Waals surface area contributed by atoms with E-state index in [0.29, 0.717) is 16.6 Å². The van der Waals surface area contributed by atoms with Crippen molar-refractivity contribution in [2.24, 2.45) is 11.8 Å². The van der Waals surface area contributed by atoms with E-state index in [1.165, 1.54) is 0 Å². The van der Waals surface area contributed by atoms with Gasteiger partial charge in [0.15, 0.2) is 0 Å². The number of anilines is 1. The van der Waals surface area contributed by atoms with E-state index < -0.39 is 17.8 Å². The normalized spacial score (nSPS) is 22.6. The topological polar surface area (TPSA) is 79.3 Å². The lowest BCUT2D eigenvalue weighted by atomic mass is 10.3. The van der Waals surface area contributed by atoms with Gasteiger partial charge in [-0.25, -0.2) is 0 Å². The Kier molecular flexibility index (Phi) is 2.91. The predicted octanol–water partition coefficient (Wildman–Crippen LogP) is 1.50. The van der Waals surface area contributed by atoms with Gasteiger partial charge in [-0.05, 0) is 28.4 Å². The fourth-order valence-corrected chi connectivity index (χ4v) is 1.81. The number of rotatable bonds is 3. The lowest BCUT2D eigenvalue weighted by Crippen LogP contribution is -2.17. The highest BCUT2D eigenvalue weighted by molar-refractivity contribution is 9.10. The zero-order chi connectivity index (χ0) is 11.7. The minimum atomic E-state index is -0.908. The largest absolute Gasteiger partial charge is 0.481 e. The summed E-state index contributed by atoms with van der Waals surface area (Å²) >= 11 is 3.24. The van der Waals surface area contributed by atoms with Gasteiger partial charge in [0, 0.05) is 12.4 Å². The number of pyridine rings is 1. The minimum absolute atomic E-state index is 0.251. The summed E-state index contributed by atoms with van der Waals surface area (Å²) in [5.74, 6) is -2.09. The van der Waals surface area contributed by atoms with Crippen LogP contribution in [0.25, 0.3) is 0 Å². The van der Waals surface area contributed by atoms with Crippen LogP contribution in [-0.2, 0) is 9.59 Å². The van der Waals surface area contributed by atoms with Gasteiger partial charge in [0.1, 0.15) is 0 Å². The summed E-state index contributed by atoms with van der Waals surface area (Å²) in [5.41, 5.74) is 0.607. The van der Waals surface area contributed by atoms with Gasteiger partial charge in [-0.2, -0.15) is 0 Å². The molecule has 1 heterocycles. The van der Waals surface area contributed by atoms with Crippen LogP contribution in [0.4, 0.5) is 5.69 Å². The second-order valence-electron chi connectivity index (χ2n) is 3.63. The highest BCUT2D eigenvalue weighted by Crippen LogP contribution is 2.39. The molecule has 84 valence electrons. The molecule has 1 amide bonds. The molecule has 2 N–H and O–H groups in total. The number of carboxylic acid groups (broad SMARTS) is 1. The van der Waals surface area contributed by atoms with E-state index in [-0.39, 0.29) is 5.91 Å². The Morgan fingerprint density at radius 2 is 2.25 bits per heavy atom. The third-order valence-electron chi connectivity index (χ3n) is 2.47. The van der Waals surface area contributed by atoms with E-state index in [0.717, 1.165) is 0 Å². The summed E-state index contributed by atoms with van der Waals surface area (Å²) < 4.78 is 0.677. The van der Waals surface area contributed by atoms with Gasteiger partial charge in [0.2, 0.25) is 5.91 Å². The van der Waals surface area contributed by atoms with Gasteiger partial charge in [0.05, 0.1) is 22.0 Å². The summed E-state index contributed by atoms with van der Waals surface area (Å²) in [7, 11) is 0. The fraction of sp³-hybridized carbons (Fsp3) is 0.300. The molecule has 16 heavy (non-hydrogen) atoms. The molecule has 1 fully saturated rings. The van der Waals surface area contributed by atoms with Crippen LogP contribution >= 0.6 is 15.9 Å². The number of carboxylic acids is 1.